The number of aromatic nitrogens is 3. The lowest BCUT2D eigenvalue weighted by Crippen LogP contribution is -2.28. The van der Waals surface area contributed by atoms with Gasteiger partial charge in [0.2, 0.25) is 11.8 Å². The van der Waals surface area contributed by atoms with Gasteiger partial charge in [0.15, 0.2) is 0 Å². The summed E-state index contributed by atoms with van der Waals surface area (Å²) < 4.78 is 5.54. The van der Waals surface area contributed by atoms with Gasteiger partial charge in [-0.2, -0.15) is 0 Å². The number of rotatable bonds is 6. The molecule has 3 aromatic rings. The van der Waals surface area contributed by atoms with E-state index >= 15 is 0 Å². The van der Waals surface area contributed by atoms with Crippen molar-refractivity contribution in [2.24, 2.45) is 0 Å². The summed E-state index contributed by atoms with van der Waals surface area (Å²) in [7, 11) is 0. The molecule has 3 rings (SSSR count). The number of nitrogens with one attached hydrogen (secondary N) is 1. The van der Waals surface area contributed by atoms with Crippen molar-refractivity contribution in [3.63, 3.8) is 0 Å². The predicted octanol–water partition coefficient (Wildman–Crippen LogP) is 4.41. The minimum absolute atomic E-state index is 0.146. The van der Waals surface area contributed by atoms with Crippen molar-refractivity contribution in [3.8, 4) is 11.5 Å². The van der Waals surface area contributed by atoms with Gasteiger partial charge in [0, 0.05) is 28.0 Å². The van der Waals surface area contributed by atoms with Gasteiger partial charge < -0.3 is 9.73 Å². The van der Waals surface area contributed by atoms with Gasteiger partial charge in [0.25, 0.3) is 5.22 Å². The van der Waals surface area contributed by atoms with Crippen molar-refractivity contribution in [2.75, 3.05) is 5.75 Å². The maximum absolute atomic E-state index is 12.2. The Balaban J connectivity index is 1.55. The lowest BCUT2D eigenvalue weighted by molar-refractivity contribution is -0.119. The molecule has 0 aliphatic heterocycles. The summed E-state index contributed by atoms with van der Waals surface area (Å²) in [6, 6.07) is 8.47. The zero-order chi connectivity index (χ0) is 18.5. The predicted molar refractivity (Wildman–Crippen MR) is 101 cm³/mol. The third-order valence-corrected chi connectivity index (χ3v) is 4.85. The molecule has 6 nitrogen and oxygen atoms in total. The number of thioether (sulfide) groups is 1. The summed E-state index contributed by atoms with van der Waals surface area (Å²) >= 11 is 13.2. The molecule has 0 fully saturated rings. The largest absolute Gasteiger partial charge is 0.411 e. The summed E-state index contributed by atoms with van der Waals surface area (Å²) in [6.45, 7) is 1.85. The van der Waals surface area contributed by atoms with E-state index in [1.165, 1.54) is 11.8 Å². The molecular formula is C17H14Cl2N4O2S. The van der Waals surface area contributed by atoms with Crippen LogP contribution in [0.15, 0.2) is 52.4 Å². The molecule has 0 spiro atoms. The molecule has 2 heterocycles. The van der Waals surface area contributed by atoms with Crippen LogP contribution >= 0.6 is 35.0 Å². The van der Waals surface area contributed by atoms with E-state index in [2.05, 4.69) is 20.5 Å². The normalized spacial score (nSPS) is 12.0. The summed E-state index contributed by atoms with van der Waals surface area (Å²) in [4.78, 5) is 16.1. The van der Waals surface area contributed by atoms with Gasteiger partial charge >= 0.3 is 0 Å². The molecule has 1 amide bonds. The summed E-state index contributed by atoms with van der Waals surface area (Å²) in [5, 5.41) is 12.2. The van der Waals surface area contributed by atoms with E-state index in [0.29, 0.717) is 21.2 Å². The van der Waals surface area contributed by atoms with Gasteiger partial charge in [-0.3, -0.25) is 9.78 Å². The smallest absolute Gasteiger partial charge is 0.277 e. The molecule has 0 bridgehead atoms. The van der Waals surface area contributed by atoms with Crippen molar-refractivity contribution in [3.05, 3.63) is 58.3 Å². The van der Waals surface area contributed by atoms with Crippen LogP contribution in [0.4, 0.5) is 0 Å². The van der Waals surface area contributed by atoms with Crippen molar-refractivity contribution < 1.29 is 9.21 Å². The summed E-state index contributed by atoms with van der Waals surface area (Å²) in [6.07, 6.45) is 3.28. The average molecular weight is 409 g/mol. The highest BCUT2D eigenvalue weighted by atomic mass is 35.5. The van der Waals surface area contributed by atoms with Gasteiger partial charge in [-0.25, -0.2) is 0 Å². The van der Waals surface area contributed by atoms with Gasteiger partial charge in [-0.05, 0) is 36.8 Å². The van der Waals surface area contributed by atoms with Crippen molar-refractivity contribution in [2.45, 2.75) is 18.2 Å². The first-order valence-electron chi connectivity index (χ1n) is 7.64. The Morgan fingerprint density at radius 3 is 2.73 bits per heavy atom. The topological polar surface area (TPSA) is 80.9 Å². The molecule has 9 heteroatoms. The van der Waals surface area contributed by atoms with E-state index in [4.69, 9.17) is 27.6 Å². The zero-order valence-corrected chi connectivity index (χ0v) is 16.0. The van der Waals surface area contributed by atoms with E-state index in [0.717, 1.165) is 11.1 Å². The Kier molecular flexibility index (Phi) is 6.13. The maximum Gasteiger partial charge on any atom is 0.277 e. The number of amides is 1. The number of nitrogens with zero attached hydrogens (tertiary/aromatic N) is 3. The summed E-state index contributed by atoms with van der Waals surface area (Å²) in [5.41, 5.74) is 1.57. The van der Waals surface area contributed by atoms with Gasteiger partial charge in [-0.15, -0.1) is 10.2 Å². The van der Waals surface area contributed by atoms with Crippen LogP contribution in [0.3, 0.4) is 0 Å². The zero-order valence-electron chi connectivity index (χ0n) is 13.6. The molecule has 26 heavy (non-hydrogen) atoms. The van der Waals surface area contributed by atoms with Crippen molar-refractivity contribution >= 4 is 40.9 Å². The quantitative estimate of drug-likeness (QED) is 0.608. The van der Waals surface area contributed by atoms with Crippen LogP contribution in [0.5, 0.6) is 0 Å². The van der Waals surface area contributed by atoms with E-state index in [9.17, 15) is 4.79 Å². The highest BCUT2D eigenvalue weighted by molar-refractivity contribution is 7.99. The first kappa shape index (κ1) is 18.7. The third-order valence-electron chi connectivity index (χ3n) is 3.47. The van der Waals surface area contributed by atoms with Crippen LogP contribution < -0.4 is 5.32 Å². The minimum Gasteiger partial charge on any atom is -0.411 e. The molecular weight excluding hydrogens is 395 g/mol. The Morgan fingerprint density at radius 1 is 1.23 bits per heavy atom. The van der Waals surface area contributed by atoms with E-state index in [1.807, 2.05) is 6.92 Å². The molecule has 0 saturated carbocycles. The molecule has 2 aromatic heterocycles. The highest BCUT2D eigenvalue weighted by Gasteiger charge is 2.15. The number of pyridine rings is 1. The number of hydrogen-bond acceptors (Lipinski definition) is 6. The fourth-order valence-electron chi connectivity index (χ4n) is 2.22. The molecule has 134 valence electrons. The molecule has 1 N–H and O–H groups in total. The molecule has 0 radical (unpaired) electrons. The second kappa shape index (κ2) is 8.53. The van der Waals surface area contributed by atoms with Crippen LogP contribution in [-0.4, -0.2) is 26.8 Å². The average Bonchev–Trinajstić information content (AvgIpc) is 3.09. The first-order valence-corrected chi connectivity index (χ1v) is 9.38. The Bertz CT molecular complexity index is 905. The van der Waals surface area contributed by atoms with Gasteiger partial charge in [0.05, 0.1) is 11.8 Å². The number of halogens is 2. The lowest BCUT2D eigenvalue weighted by Gasteiger charge is -2.15. The van der Waals surface area contributed by atoms with Crippen LogP contribution in [0, 0.1) is 0 Å². The Morgan fingerprint density at radius 2 is 2.00 bits per heavy atom. The number of carbonyl (C=O) groups excluding carboxylic acids is 1. The SMILES string of the molecule is CC(NC(=O)CSc1nnc(-c2ccncc2)o1)c1ccc(Cl)cc1Cl. The Labute approximate surface area is 164 Å². The second-order valence-electron chi connectivity index (χ2n) is 5.35. The van der Waals surface area contributed by atoms with E-state index in [1.54, 1.807) is 42.7 Å². The number of carbonyl (C=O) groups is 1. The lowest BCUT2D eigenvalue weighted by atomic mass is 10.1. The highest BCUT2D eigenvalue weighted by Crippen LogP contribution is 2.26. The van der Waals surface area contributed by atoms with E-state index < -0.39 is 0 Å². The molecule has 1 aromatic carbocycles. The van der Waals surface area contributed by atoms with Crippen molar-refractivity contribution in [1.82, 2.24) is 20.5 Å². The fourth-order valence-corrected chi connectivity index (χ4v) is 3.37. The van der Waals surface area contributed by atoms with Crippen LogP contribution in [0.1, 0.15) is 18.5 Å². The first-order chi connectivity index (χ1) is 12.5. The maximum atomic E-state index is 12.2. The second-order valence-corrected chi connectivity index (χ2v) is 7.12. The summed E-state index contributed by atoms with van der Waals surface area (Å²) in [5.74, 6) is 0.363. The third kappa shape index (κ3) is 4.75. The van der Waals surface area contributed by atoms with Crippen LogP contribution in [-0.2, 0) is 4.79 Å². The molecule has 1 atom stereocenters. The molecule has 0 saturated heterocycles. The van der Waals surface area contributed by atoms with Gasteiger partial charge in [0.1, 0.15) is 0 Å². The number of benzene rings is 1. The number of hydrogen-bond donors (Lipinski definition) is 1. The van der Waals surface area contributed by atoms with Crippen LogP contribution in [0.2, 0.25) is 10.0 Å². The minimum atomic E-state index is -0.247. The Hall–Kier alpha value is -2.09. The monoisotopic (exact) mass is 408 g/mol. The van der Waals surface area contributed by atoms with Crippen molar-refractivity contribution in [1.29, 1.82) is 0 Å². The van der Waals surface area contributed by atoms with E-state index in [-0.39, 0.29) is 17.7 Å². The van der Waals surface area contributed by atoms with Gasteiger partial charge in [-0.1, -0.05) is 41.0 Å². The molecule has 0 aliphatic carbocycles. The fraction of sp³-hybridized carbons (Fsp3) is 0.176. The molecule has 0 aliphatic rings. The van der Waals surface area contributed by atoms with Crippen LogP contribution in [0.25, 0.3) is 11.5 Å². The molecule has 1 unspecified atom stereocenters. The standard InChI is InChI=1S/C17H14Cl2N4O2S/c1-10(13-3-2-12(18)8-14(13)19)21-15(24)9-26-17-23-22-16(25-17)11-4-6-20-7-5-11/h2-8,10H,9H2,1H3,(H,21,24).